The first-order valence-corrected chi connectivity index (χ1v) is 10.3. The van der Waals surface area contributed by atoms with Gasteiger partial charge >= 0.3 is 0 Å². The summed E-state index contributed by atoms with van der Waals surface area (Å²) in [6.45, 7) is 2.10. The van der Waals surface area contributed by atoms with Crippen molar-refractivity contribution in [2.45, 2.75) is 29.9 Å². The number of hydrogen-bond acceptors (Lipinski definition) is 4. The maximum absolute atomic E-state index is 12.7. The van der Waals surface area contributed by atoms with Crippen molar-refractivity contribution in [1.29, 1.82) is 0 Å². The van der Waals surface area contributed by atoms with Gasteiger partial charge in [0.2, 0.25) is 11.8 Å². The van der Waals surface area contributed by atoms with Gasteiger partial charge in [-0.25, -0.2) is 8.42 Å². The van der Waals surface area contributed by atoms with E-state index in [4.69, 9.17) is 0 Å². The largest absolute Gasteiger partial charge is 0.341 e. The van der Waals surface area contributed by atoms with Crippen LogP contribution in [0.5, 0.6) is 0 Å². The molecule has 3 rings (SSSR count). The first-order chi connectivity index (χ1) is 12.9. The Morgan fingerprint density at radius 2 is 1.74 bits per heavy atom. The summed E-state index contributed by atoms with van der Waals surface area (Å²) in [6, 6.07) is 15.4. The van der Waals surface area contributed by atoms with E-state index in [1.807, 2.05) is 0 Å². The highest BCUT2D eigenvalue weighted by molar-refractivity contribution is 7.92. The van der Waals surface area contributed by atoms with Crippen LogP contribution in [0.1, 0.15) is 18.9 Å². The van der Waals surface area contributed by atoms with E-state index in [1.54, 1.807) is 59.5 Å². The molecule has 1 heterocycles. The number of benzene rings is 2. The van der Waals surface area contributed by atoms with Crippen molar-refractivity contribution in [3.05, 3.63) is 60.2 Å². The molecule has 0 aromatic heterocycles. The molecule has 7 heteroatoms. The molecule has 0 aliphatic carbocycles. The standard InChI is InChI=1S/C20H22N2O4S/c1-15(23)21-17-9-7-16(8-10-17)13-20(24)22-12-11-19(14-22)27(25,26)18-5-3-2-4-6-18/h2-10,19H,11-14H2,1H3,(H,21,23). The molecule has 2 amide bonds. The number of anilines is 1. The fourth-order valence-corrected chi connectivity index (χ4v) is 4.92. The molecule has 1 aliphatic heterocycles. The van der Waals surface area contributed by atoms with Gasteiger partial charge in [0.05, 0.1) is 16.6 Å². The molecule has 0 bridgehead atoms. The molecular weight excluding hydrogens is 364 g/mol. The Morgan fingerprint density at radius 1 is 1.07 bits per heavy atom. The number of sulfone groups is 1. The molecule has 0 radical (unpaired) electrons. The lowest BCUT2D eigenvalue weighted by molar-refractivity contribution is -0.129. The maximum atomic E-state index is 12.7. The highest BCUT2D eigenvalue weighted by Gasteiger charge is 2.35. The average Bonchev–Trinajstić information content (AvgIpc) is 3.15. The average molecular weight is 386 g/mol. The minimum Gasteiger partial charge on any atom is -0.341 e. The second-order valence-electron chi connectivity index (χ2n) is 6.66. The Labute approximate surface area is 159 Å². The van der Waals surface area contributed by atoms with Crippen LogP contribution in [0.3, 0.4) is 0 Å². The Bertz CT molecular complexity index is 924. The smallest absolute Gasteiger partial charge is 0.227 e. The fourth-order valence-electron chi connectivity index (χ4n) is 3.21. The number of carbonyl (C=O) groups is 2. The Kier molecular flexibility index (Phi) is 5.60. The van der Waals surface area contributed by atoms with Gasteiger partial charge in [-0.2, -0.15) is 0 Å². The lowest BCUT2D eigenvalue weighted by Gasteiger charge is -2.17. The molecule has 0 saturated carbocycles. The van der Waals surface area contributed by atoms with E-state index in [1.165, 1.54) is 6.92 Å². The highest BCUT2D eigenvalue weighted by Crippen LogP contribution is 2.24. The van der Waals surface area contributed by atoms with Crippen molar-refractivity contribution in [2.75, 3.05) is 18.4 Å². The van der Waals surface area contributed by atoms with Crippen LogP contribution in [0.2, 0.25) is 0 Å². The highest BCUT2D eigenvalue weighted by atomic mass is 32.2. The predicted molar refractivity (Wildman–Crippen MR) is 103 cm³/mol. The summed E-state index contributed by atoms with van der Waals surface area (Å²) in [5.74, 6) is -0.241. The number of nitrogens with zero attached hydrogens (tertiary/aromatic N) is 1. The zero-order valence-corrected chi connectivity index (χ0v) is 15.9. The maximum Gasteiger partial charge on any atom is 0.227 e. The van der Waals surface area contributed by atoms with Gasteiger partial charge in [-0.05, 0) is 36.2 Å². The van der Waals surface area contributed by atoms with Gasteiger partial charge in [0, 0.05) is 25.7 Å². The fraction of sp³-hybridized carbons (Fsp3) is 0.300. The van der Waals surface area contributed by atoms with Crippen molar-refractivity contribution in [3.63, 3.8) is 0 Å². The molecule has 1 unspecified atom stereocenters. The van der Waals surface area contributed by atoms with Gasteiger partial charge in [-0.3, -0.25) is 9.59 Å². The molecule has 1 fully saturated rings. The number of likely N-dealkylation sites (tertiary alicyclic amines) is 1. The lowest BCUT2D eigenvalue weighted by atomic mass is 10.1. The third kappa shape index (κ3) is 4.54. The van der Waals surface area contributed by atoms with Gasteiger partial charge in [-0.15, -0.1) is 0 Å². The van der Waals surface area contributed by atoms with Gasteiger partial charge in [-0.1, -0.05) is 30.3 Å². The van der Waals surface area contributed by atoms with Gasteiger partial charge < -0.3 is 10.2 Å². The molecular formula is C20H22N2O4S. The van der Waals surface area contributed by atoms with Crippen molar-refractivity contribution < 1.29 is 18.0 Å². The molecule has 1 atom stereocenters. The third-order valence-electron chi connectivity index (χ3n) is 4.64. The van der Waals surface area contributed by atoms with Crippen LogP contribution in [0.25, 0.3) is 0 Å². The van der Waals surface area contributed by atoms with Crippen molar-refractivity contribution in [2.24, 2.45) is 0 Å². The van der Waals surface area contributed by atoms with E-state index in [2.05, 4.69) is 5.32 Å². The summed E-state index contributed by atoms with van der Waals surface area (Å²) in [6.07, 6.45) is 0.656. The Hall–Kier alpha value is -2.67. The number of carbonyl (C=O) groups excluding carboxylic acids is 2. The number of hydrogen-bond donors (Lipinski definition) is 1. The van der Waals surface area contributed by atoms with Crippen LogP contribution in [0.15, 0.2) is 59.5 Å². The monoisotopic (exact) mass is 386 g/mol. The summed E-state index contributed by atoms with van der Waals surface area (Å²) >= 11 is 0. The first kappa shape index (κ1) is 19.1. The van der Waals surface area contributed by atoms with Crippen molar-refractivity contribution >= 4 is 27.3 Å². The van der Waals surface area contributed by atoms with Gasteiger partial charge in [0.15, 0.2) is 9.84 Å². The van der Waals surface area contributed by atoms with Gasteiger partial charge in [0.1, 0.15) is 0 Å². The van der Waals surface area contributed by atoms with Crippen LogP contribution in [0.4, 0.5) is 5.69 Å². The molecule has 1 saturated heterocycles. The second-order valence-corrected chi connectivity index (χ2v) is 8.89. The van der Waals surface area contributed by atoms with E-state index in [0.29, 0.717) is 23.5 Å². The predicted octanol–water partition coefficient (Wildman–Crippen LogP) is 2.26. The summed E-state index contributed by atoms with van der Waals surface area (Å²) in [5.41, 5.74) is 1.50. The quantitative estimate of drug-likeness (QED) is 0.854. The summed E-state index contributed by atoms with van der Waals surface area (Å²) in [5, 5.41) is 2.11. The molecule has 27 heavy (non-hydrogen) atoms. The van der Waals surface area contributed by atoms with E-state index in [-0.39, 0.29) is 24.8 Å². The zero-order valence-electron chi connectivity index (χ0n) is 15.1. The number of amides is 2. The van der Waals surface area contributed by atoms with Crippen molar-refractivity contribution in [3.8, 4) is 0 Å². The SMILES string of the molecule is CC(=O)Nc1ccc(CC(=O)N2CCC(S(=O)(=O)c3ccccc3)C2)cc1. The van der Waals surface area contributed by atoms with Crippen molar-refractivity contribution in [1.82, 2.24) is 4.90 Å². The first-order valence-electron chi connectivity index (χ1n) is 8.79. The molecule has 142 valence electrons. The Morgan fingerprint density at radius 3 is 2.37 bits per heavy atom. The minimum absolute atomic E-state index is 0.0898. The van der Waals surface area contributed by atoms with E-state index >= 15 is 0 Å². The van der Waals surface area contributed by atoms with Crippen LogP contribution in [0, 0.1) is 0 Å². The summed E-state index contributed by atoms with van der Waals surface area (Å²) < 4.78 is 25.4. The molecule has 1 aliphatic rings. The van der Waals surface area contributed by atoms with E-state index in [9.17, 15) is 18.0 Å². The van der Waals surface area contributed by atoms with E-state index in [0.717, 1.165) is 5.56 Å². The number of nitrogens with one attached hydrogen (secondary N) is 1. The minimum atomic E-state index is -3.43. The summed E-state index contributed by atoms with van der Waals surface area (Å²) in [4.78, 5) is 25.5. The zero-order chi connectivity index (χ0) is 19.4. The van der Waals surface area contributed by atoms with Crippen LogP contribution < -0.4 is 5.32 Å². The molecule has 2 aromatic carbocycles. The van der Waals surface area contributed by atoms with Gasteiger partial charge in [0.25, 0.3) is 0 Å². The third-order valence-corrected chi connectivity index (χ3v) is 6.83. The normalized spacial score (nSPS) is 16.9. The molecule has 6 nitrogen and oxygen atoms in total. The van der Waals surface area contributed by atoms with Crippen LogP contribution in [-0.4, -0.2) is 43.5 Å². The topological polar surface area (TPSA) is 83.6 Å². The lowest BCUT2D eigenvalue weighted by Crippen LogP contribution is -2.32. The molecule has 0 spiro atoms. The Balaban J connectivity index is 1.61. The molecule has 2 aromatic rings. The van der Waals surface area contributed by atoms with Crippen LogP contribution in [-0.2, 0) is 25.8 Å². The van der Waals surface area contributed by atoms with Crippen LogP contribution >= 0.6 is 0 Å². The molecule has 1 N–H and O–H groups in total. The summed E-state index contributed by atoms with van der Waals surface area (Å²) in [7, 11) is -3.43. The number of rotatable bonds is 5. The second kappa shape index (κ2) is 7.92. The van der Waals surface area contributed by atoms with E-state index < -0.39 is 15.1 Å².